The summed E-state index contributed by atoms with van der Waals surface area (Å²) < 4.78 is 32.8. The second-order valence-corrected chi connectivity index (χ2v) is 8.53. The van der Waals surface area contributed by atoms with Crippen LogP contribution in [0.1, 0.15) is 44.0 Å². The molecule has 2 rings (SSSR count). The van der Waals surface area contributed by atoms with Gasteiger partial charge in [-0.15, -0.1) is 0 Å². The highest BCUT2D eigenvalue weighted by Gasteiger charge is 2.27. The molecule has 23 heavy (non-hydrogen) atoms. The van der Waals surface area contributed by atoms with E-state index in [4.69, 9.17) is 4.74 Å². The molecular formula is C16H24N2O4S. The quantitative estimate of drug-likeness (QED) is 0.828. The summed E-state index contributed by atoms with van der Waals surface area (Å²) in [4.78, 5) is 12.1. The summed E-state index contributed by atoms with van der Waals surface area (Å²) in [5, 5.41) is 2.83. The van der Waals surface area contributed by atoms with Gasteiger partial charge in [0, 0.05) is 17.6 Å². The van der Waals surface area contributed by atoms with Gasteiger partial charge in [-0.05, 0) is 57.7 Å². The van der Waals surface area contributed by atoms with Crippen LogP contribution in [0.4, 0.5) is 0 Å². The standard InChI is InChI=1S/C16H24N2O4S/c1-16(2,3)18-23(20,21)14-9-12(7-8-13(14)22-4)15(19)17-10-11-5-6-11/h7-9,11,18H,5-6,10H2,1-4H3,(H,17,19). The highest BCUT2D eigenvalue weighted by atomic mass is 32.2. The van der Waals surface area contributed by atoms with Gasteiger partial charge in [-0.3, -0.25) is 4.79 Å². The van der Waals surface area contributed by atoms with Crippen molar-refractivity contribution in [2.24, 2.45) is 5.92 Å². The van der Waals surface area contributed by atoms with Crippen molar-refractivity contribution in [3.63, 3.8) is 0 Å². The SMILES string of the molecule is COc1ccc(C(=O)NCC2CC2)cc1S(=O)(=O)NC(C)(C)C. The summed E-state index contributed by atoms with van der Waals surface area (Å²) in [6, 6.07) is 4.43. The molecule has 1 aromatic carbocycles. The Kier molecular flexibility index (Phi) is 5.01. The van der Waals surface area contributed by atoms with Crippen LogP contribution < -0.4 is 14.8 Å². The van der Waals surface area contributed by atoms with Crippen LogP contribution in [0.25, 0.3) is 0 Å². The zero-order valence-electron chi connectivity index (χ0n) is 14.0. The van der Waals surface area contributed by atoms with Crippen molar-refractivity contribution in [2.45, 2.75) is 44.0 Å². The van der Waals surface area contributed by atoms with Crippen LogP contribution in [0.15, 0.2) is 23.1 Å². The zero-order chi connectivity index (χ0) is 17.3. The maximum absolute atomic E-state index is 12.6. The number of rotatable bonds is 6. The average Bonchev–Trinajstić information content (AvgIpc) is 3.25. The summed E-state index contributed by atoms with van der Waals surface area (Å²) in [5.41, 5.74) is -0.325. The fraction of sp³-hybridized carbons (Fsp3) is 0.562. The van der Waals surface area contributed by atoms with E-state index in [2.05, 4.69) is 10.0 Å². The maximum Gasteiger partial charge on any atom is 0.251 e. The first kappa shape index (κ1) is 17.7. The van der Waals surface area contributed by atoms with Gasteiger partial charge in [0.15, 0.2) is 0 Å². The van der Waals surface area contributed by atoms with E-state index in [-0.39, 0.29) is 16.6 Å². The molecule has 0 heterocycles. The molecule has 0 spiro atoms. The number of benzene rings is 1. The van der Waals surface area contributed by atoms with Crippen LogP contribution in [-0.4, -0.2) is 33.5 Å². The van der Waals surface area contributed by atoms with E-state index in [0.29, 0.717) is 18.0 Å². The predicted molar refractivity (Wildman–Crippen MR) is 88.1 cm³/mol. The Balaban J connectivity index is 2.29. The summed E-state index contributed by atoms with van der Waals surface area (Å²) in [7, 11) is -2.39. The number of sulfonamides is 1. The topological polar surface area (TPSA) is 84.5 Å². The Hall–Kier alpha value is -1.60. The van der Waals surface area contributed by atoms with Gasteiger partial charge in [-0.1, -0.05) is 0 Å². The number of hydrogen-bond donors (Lipinski definition) is 2. The van der Waals surface area contributed by atoms with Crippen molar-refractivity contribution in [3.8, 4) is 5.75 Å². The Morgan fingerprint density at radius 2 is 1.96 bits per heavy atom. The third kappa shape index (κ3) is 4.94. The molecule has 0 bridgehead atoms. The Morgan fingerprint density at radius 3 is 2.48 bits per heavy atom. The van der Waals surface area contributed by atoms with E-state index in [1.807, 2.05) is 0 Å². The van der Waals surface area contributed by atoms with Gasteiger partial charge in [0.2, 0.25) is 10.0 Å². The van der Waals surface area contributed by atoms with Gasteiger partial charge in [0.25, 0.3) is 5.91 Å². The first-order chi connectivity index (χ1) is 10.6. The van der Waals surface area contributed by atoms with Crippen LogP contribution >= 0.6 is 0 Å². The summed E-state index contributed by atoms with van der Waals surface area (Å²) in [5.74, 6) is 0.496. The van der Waals surface area contributed by atoms with E-state index in [0.717, 1.165) is 12.8 Å². The Bertz CT molecular complexity index is 689. The van der Waals surface area contributed by atoms with Crippen molar-refractivity contribution in [2.75, 3.05) is 13.7 Å². The molecule has 1 aliphatic carbocycles. The number of amides is 1. The van der Waals surface area contributed by atoms with Crippen molar-refractivity contribution in [1.82, 2.24) is 10.0 Å². The summed E-state index contributed by atoms with van der Waals surface area (Å²) in [6.45, 7) is 5.89. The third-order valence-electron chi connectivity index (χ3n) is 3.40. The van der Waals surface area contributed by atoms with Gasteiger partial charge in [0.1, 0.15) is 10.6 Å². The van der Waals surface area contributed by atoms with E-state index < -0.39 is 15.6 Å². The molecule has 0 aliphatic heterocycles. The molecule has 0 unspecified atom stereocenters. The molecule has 1 fully saturated rings. The molecular weight excluding hydrogens is 316 g/mol. The highest BCUT2D eigenvalue weighted by molar-refractivity contribution is 7.89. The van der Waals surface area contributed by atoms with E-state index in [1.54, 1.807) is 26.8 Å². The minimum Gasteiger partial charge on any atom is -0.495 e. The van der Waals surface area contributed by atoms with Gasteiger partial charge >= 0.3 is 0 Å². The Morgan fingerprint density at radius 1 is 1.30 bits per heavy atom. The molecule has 1 saturated carbocycles. The molecule has 7 heteroatoms. The molecule has 1 aliphatic rings. The molecule has 6 nitrogen and oxygen atoms in total. The fourth-order valence-electron chi connectivity index (χ4n) is 2.15. The normalized spacial score (nSPS) is 15.3. The molecule has 0 radical (unpaired) electrons. The monoisotopic (exact) mass is 340 g/mol. The van der Waals surface area contributed by atoms with Crippen molar-refractivity contribution < 1.29 is 17.9 Å². The van der Waals surface area contributed by atoms with E-state index >= 15 is 0 Å². The average molecular weight is 340 g/mol. The van der Waals surface area contributed by atoms with Crippen molar-refractivity contribution in [1.29, 1.82) is 0 Å². The largest absolute Gasteiger partial charge is 0.495 e. The van der Waals surface area contributed by atoms with Gasteiger partial charge in [-0.2, -0.15) is 0 Å². The van der Waals surface area contributed by atoms with Crippen LogP contribution in [0.3, 0.4) is 0 Å². The summed E-state index contributed by atoms with van der Waals surface area (Å²) >= 11 is 0. The molecule has 0 atom stereocenters. The number of nitrogens with one attached hydrogen (secondary N) is 2. The van der Waals surface area contributed by atoms with Crippen molar-refractivity contribution >= 4 is 15.9 Å². The first-order valence-corrected chi connectivity index (χ1v) is 9.11. The fourth-order valence-corrected chi connectivity index (χ4v) is 3.76. The van der Waals surface area contributed by atoms with E-state index in [1.165, 1.54) is 19.2 Å². The van der Waals surface area contributed by atoms with Gasteiger partial charge in [0.05, 0.1) is 7.11 Å². The first-order valence-electron chi connectivity index (χ1n) is 7.62. The molecule has 1 amide bonds. The van der Waals surface area contributed by atoms with Gasteiger partial charge in [-0.25, -0.2) is 13.1 Å². The van der Waals surface area contributed by atoms with Crippen LogP contribution in [0, 0.1) is 5.92 Å². The second-order valence-electron chi connectivity index (χ2n) is 6.87. The Labute approximate surface area is 137 Å². The molecule has 0 saturated heterocycles. The lowest BCUT2D eigenvalue weighted by atomic mass is 10.1. The number of methoxy groups -OCH3 is 1. The minimum absolute atomic E-state index is 0.0333. The number of carbonyl (C=O) groups is 1. The lowest BCUT2D eigenvalue weighted by Gasteiger charge is -2.21. The minimum atomic E-state index is -3.79. The zero-order valence-corrected chi connectivity index (χ0v) is 14.8. The predicted octanol–water partition coefficient (Wildman–Crippen LogP) is 1.91. The number of carbonyl (C=O) groups excluding carboxylic acids is 1. The smallest absolute Gasteiger partial charge is 0.251 e. The number of hydrogen-bond acceptors (Lipinski definition) is 4. The summed E-state index contributed by atoms with van der Waals surface area (Å²) in [6.07, 6.45) is 2.27. The number of ether oxygens (including phenoxy) is 1. The van der Waals surface area contributed by atoms with Crippen LogP contribution in [0.5, 0.6) is 5.75 Å². The van der Waals surface area contributed by atoms with E-state index in [9.17, 15) is 13.2 Å². The molecule has 128 valence electrons. The van der Waals surface area contributed by atoms with Gasteiger partial charge < -0.3 is 10.1 Å². The van der Waals surface area contributed by atoms with Crippen LogP contribution in [0.2, 0.25) is 0 Å². The molecule has 2 N–H and O–H groups in total. The lowest BCUT2D eigenvalue weighted by Crippen LogP contribution is -2.40. The van der Waals surface area contributed by atoms with Crippen LogP contribution in [-0.2, 0) is 10.0 Å². The highest BCUT2D eigenvalue weighted by Crippen LogP contribution is 2.28. The maximum atomic E-state index is 12.6. The van der Waals surface area contributed by atoms with Crippen molar-refractivity contribution in [3.05, 3.63) is 23.8 Å². The third-order valence-corrected chi connectivity index (χ3v) is 5.18. The second kappa shape index (κ2) is 6.49. The molecule has 1 aromatic rings. The lowest BCUT2D eigenvalue weighted by molar-refractivity contribution is 0.0951. The molecule has 0 aromatic heterocycles.